The van der Waals surface area contributed by atoms with Gasteiger partial charge in [-0.2, -0.15) is 0 Å². The lowest BCUT2D eigenvalue weighted by Crippen LogP contribution is -2.51. The average molecular weight is 215 g/mol. The van der Waals surface area contributed by atoms with E-state index >= 15 is 0 Å². The summed E-state index contributed by atoms with van der Waals surface area (Å²) in [7, 11) is 0. The van der Waals surface area contributed by atoms with Crippen LogP contribution in [0.3, 0.4) is 0 Å². The zero-order chi connectivity index (χ0) is 11.5. The molecule has 0 aromatic carbocycles. The van der Waals surface area contributed by atoms with Crippen molar-refractivity contribution in [2.45, 2.75) is 44.2 Å². The van der Waals surface area contributed by atoms with Crippen molar-refractivity contribution in [1.82, 2.24) is 0 Å². The van der Waals surface area contributed by atoms with Crippen molar-refractivity contribution in [2.24, 2.45) is 5.73 Å². The topological polar surface area (TPSA) is 89.6 Å². The molecule has 1 aliphatic heterocycles. The highest BCUT2D eigenvalue weighted by molar-refractivity contribution is 5.87. The number of carboxylic acids is 1. The molecule has 1 rings (SSSR count). The van der Waals surface area contributed by atoms with Gasteiger partial charge in [0.1, 0.15) is 11.3 Å². The van der Waals surface area contributed by atoms with E-state index in [4.69, 9.17) is 15.6 Å². The van der Waals surface area contributed by atoms with Gasteiger partial charge in [-0.25, -0.2) is 0 Å². The summed E-state index contributed by atoms with van der Waals surface area (Å²) in [6.07, 6.45) is 1.71. The summed E-state index contributed by atoms with van der Waals surface area (Å²) in [5, 5.41) is 9.01. The third kappa shape index (κ3) is 3.28. The molecule has 2 unspecified atom stereocenters. The van der Waals surface area contributed by atoms with E-state index in [0.717, 1.165) is 12.8 Å². The van der Waals surface area contributed by atoms with Crippen LogP contribution in [0.2, 0.25) is 0 Å². The van der Waals surface area contributed by atoms with Crippen molar-refractivity contribution in [2.75, 3.05) is 6.61 Å². The van der Waals surface area contributed by atoms with Gasteiger partial charge in [-0.3, -0.25) is 9.59 Å². The van der Waals surface area contributed by atoms with Gasteiger partial charge in [0.15, 0.2) is 0 Å². The van der Waals surface area contributed by atoms with E-state index in [0.29, 0.717) is 6.61 Å². The fourth-order valence-electron chi connectivity index (χ4n) is 1.89. The van der Waals surface area contributed by atoms with Crippen LogP contribution >= 0.6 is 0 Å². The molecule has 0 spiro atoms. The average Bonchev–Trinajstić information content (AvgIpc) is 2.54. The van der Waals surface area contributed by atoms with Crippen LogP contribution in [0.1, 0.15) is 32.6 Å². The zero-order valence-electron chi connectivity index (χ0n) is 8.86. The van der Waals surface area contributed by atoms with Gasteiger partial charge < -0.3 is 15.6 Å². The van der Waals surface area contributed by atoms with E-state index < -0.39 is 11.5 Å². The highest BCUT2D eigenvalue weighted by Crippen LogP contribution is 2.23. The number of carboxylic acid groups (broad SMARTS) is 1. The second-order valence-corrected chi connectivity index (χ2v) is 4.18. The van der Waals surface area contributed by atoms with Crippen LogP contribution in [0.15, 0.2) is 0 Å². The third-order valence-electron chi connectivity index (χ3n) is 2.61. The molecule has 0 radical (unpaired) electrons. The summed E-state index contributed by atoms with van der Waals surface area (Å²) in [6.45, 7) is 2.00. The maximum atomic E-state index is 11.0. The fourth-order valence-corrected chi connectivity index (χ4v) is 1.89. The summed E-state index contributed by atoms with van der Waals surface area (Å²) in [4.78, 5) is 22.0. The van der Waals surface area contributed by atoms with Gasteiger partial charge in [0.25, 0.3) is 0 Å². The minimum atomic E-state index is -1.47. The first-order chi connectivity index (χ1) is 6.94. The highest BCUT2D eigenvalue weighted by atomic mass is 16.5. The van der Waals surface area contributed by atoms with Crippen molar-refractivity contribution < 1.29 is 19.4 Å². The van der Waals surface area contributed by atoms with Gasteiger partial charge in [0.2, 0.25) is 0 Å². The molecule has 15 heavy (non-hydrogen) atoms. The fraction of sp³-hybridized carbons (Fsp3) is 0.800. The Morgan fingerprint density at radius 3 is 2.67 bits per heavy atom. The molecule has 2 atom stereocenters. The van der Waals surface area contributed by atoms with Crippen LogP contribution in [0.4, 0.5) is 0 Å². The predicted octanol–water partition coefficient (Wildman–Crippen LogP) is 0.317. The molecule has 1 fully saturated rings. The minimum Gasteiger partial charge on any atom is -0.480 e. The molecule has 0 aliphatic carbocycles. The smallest absolute Gasteiger partial charge is 0.324 e. The van der Waals surface area contributed by atoms with Crippen LogP contribution in [-0.4, -0.2) is 35.1 Å². The molecule has 1 heterocycles. The lowest BCUT2D eigenvalue weighted by Gasteiger charge is -2.26. The summed E-state index contributed by atoms with van der Waals surface area (Å²) < 4.78 is 5.33. The number of carbonyl (C=O) groups is 2. The first kappa shape index (κ1) is 12.1. The quantitative estimate of drug-likeness (QED) is 0.689. The van der Waals surface area contributed by atoms with Crippen LogP contribution in [0.5, 0.6) is 0 Å². The van der Waals surface area contributed by atoms with Crippen molar-refractivity contribution in [3.8, 4) is 0 Å². The number of rotatable bonds is 5. The lowest BCUT2D eigenvalue weighted by molar-refractivity contribution is -0.146. The van der Waals surface area contributed by atoms with Crippen molar-refractivity contribution in [3.63, 3.8) is 0 Å². The van der Waals surface area contributed by atoms with Crippen LogP contribution < -0.4 is 5.73 Å². The standard InChI is InChI=1S/C10H17NO4/c1-7(12)5-10(11,9(13)14)6-8-3-2-4-15-8/h8H,2-6,11H2,1H3,(H,13,14). The Balaban J connectivity index is 2.63. The van der Waals surface area contributed by atoms with Gasteiger partial charge >= 0.3 is 5.97 Å². The molecule has 0 aromatic rings. The van der Waals surface area contributed by atoms with E-state index in [9.17, 15) is 9.59 Å². The Kier molecular flexibility index (Phi) is 3.82. The zero-order valence-corrected chi connectivity index (χ0v) is 8.86. The molecule has 1 aliphatic rings. The monoisotopic (exact) mass is 215 g/mol. The predicted molar refractivity (Wildman–Crippen MR) is 53.4 cm³/mol. The number of hydrogen-bond donors (Lipinski definition) is 2. The Bertz CT molecular complexity index is 260. The lowest BCUT2D eigenvalue weighted by atomic mass is 9.87. The van der Waals surface area contributed by atoms with Crippen LogP contribution in [0.25, 0.3) is 0 Å². The molecule has 3 N–H and O–H groups in total. The van der Waals surface area contributed by atoms with Crippen molar-refractivity contribution in [3.05, 3.63) is 0 Å². The Labute approximate surface area is 88.6 Å². The first-order valence-electron chi connectivity index (χ1n) is 5.07. The van der Waals surface area contributed by atoms with Crippen molar-refractivity contribution in [1.29, 1.82) is 0 Å². The normalized spacial score (nSPS) is 24.8. The van der Waals surface area contributed by atoms with E-state index in [2.05, 4.69) is 0 Å². The summed E-state index contributed by atoms with van der Waals surface area (Å²) in [5.41, 5.74) is 4.25. The molecule has 0 bridgehead atoms. The molecule has 1 saturated heterocycles. The molecular formula is C10H17NO4. The molecule has 5 nitrogen and oxygen atoms in total. The van der Waals surface area contributed by atoms with Crippen LogP contribution in [0, 0.1) is 0 Å². The SMILES string of the molecule is CC(=O)CC(N)(CC1CCCO1)C(=O)O. The highest BCUT2D eigenvalue weighted by Gasteiger charge is 2.38. The van der Waals surface area contributed by atoms with Gasteiger partial charge in [-0.1, -0.05) is 0 Å². The number of aliphatic carboxylic acids is 1. The molecular weight excluding hydrogens is 198 g/mol. The second kappa shape index (κ2) is 4.72. The molecule has 0 saturated carbocycles. The van der Waals surface area contributed by atoms with Crippen molar-refractivity contribution >= 4 is 11.8 Å². The summed E-state index contributed by atoms with van der Waals surface area (Å²) in [5.74, 6) is -1.34. The summed E-state index contributed by atoms with van der Waals surface area (Å²) >= 11 is 0. The molecule has 5 heteroatoms. The van der Waals surface area contributed by atoms with E-state index in [1.54, 1.807) is 0 Å². The molecule has 0 amide bonds. The van der Waals surface area contributed by atoms with E-state index in [1.807, 2.05) is 0 Å². The maximum Gasteiger partial charge on any atom is 0.324 e. The Morgan fingerprint density at radius 1 is 1.60 bits per heavy atom. The largest absolute Gasteiger partial charge is 0.480 e. The number of ketones is 1. The number of nitrogens with two attached hydrogens (primary N) is 1. The number of Topliss-reactive ketones (excluding diaryl/α,β-unsaturated/α-hetero) is 1. The maximum absolute atomic E-state index is 11.0. The molecule has 86 valence electrons. The third-order valence-corrected chi connectivity index (χ3v) is 2.61. The number of ether oxygens (including phenoxy) is 1. The van der Waals surface area contributed by atoms with E-state index in [-0.39, 0.29) is 24.7 Å². The first-order valence-corrected chi connectivity index (χ1v) is 5.07. The Hall–Kier alpha value is -0.940. The second-order valence-electron chi connectivity index (χ2n) is 4.18. The molecule has 0 aromatic heterocycles. The summed E-state index contributed by atoms with van der Waals surface area (Å²) in [6, 6.07) is 0. The van der Waals surface area contributed by atoms with Gasteiger partial charge in [-0.15, -0.1) is 0 Å². The van der Waals surface area contributed by atoms with Crippen LogP contribution in [-0.2, 0) is 14.3 Å². The number of hydrogen-bond acceptors (Lipinski definition) is 4. The van der Waals surface area contributed by atoms with E-state index in [1.165, 1.54) is 6.92 Å². The van der Waals surface area contributed by atoms with Gasteiger partial charge in [0.05, 0.1) is 6.10 Å². The van der Waals surface area contributed by atoms with Gasteiger partial charge in [0, 0.05) is 19.4 Å². The minimum absolute atomic E-state index is 0.120. The Morgan fingerprint density at radius 2 is 2.27 bits per heavy atom. The van der Waals surface area contributed by atoms with Gasteiger partial charge in [-0.05, 0) is 19.8 Å². The number of carbonyl (C=O) groups excluding carboxylic acids is 1.